The highest BCUT2D eigenvalue weighted by Crippen LogP contribution is 2.13. The molecule has 0 aliphatic carbocycles. The van der Waals surface area contributed by atoms with Gasteiger partial charge in [0.25, 0.3) is 0 Å². The highest BCUT2D eigenvalue weighted by Gasteiger charge is 2.13. The van der Waals surface area contributed by atoms with Crippen molar-refractivity contribution in [2.75, 3.05) is 36.8 Å². The van der Waals surface area contributed by atoms with Gasteiger partial charge in [-0.25, -0.2) is 0 Å². The van der Waals surface area contributed by atoms with Gasteiger partial charge < -0.3 is 20.9 Å². The fourth-order valence-electron chi connectivity index (χ4n) is 2.15. The molecule has 0 saturated heterocycles. The largest absolute Gasteiger partial charge is 0.348 e. The second-order valence-corrected chi connectivity index (χ2v) is 5.35. The van der Waals surface area contributed by atoms with E-state index in [0.717, 1.165) is 26.1 Å². The Morgan fingerprint density at radius 1 is 0.917 bits per heavy atom. The Morgan fingerprint density at radius 2 is 1.46 bits per heavy atom. The summed E-state index contributed by atoms with van der Waals surface area (Å²) in [6, 6.07) is 6.55. The number of nitrogens with one attached hydrogen (secondary N) is 3. The van der Waals surface area contributed by atoms with E-state index < -0.39 is 11.8 Å². The molecule has 0 aliphatic heterocycles. The zero-order chi connectivity index (χ0) is 17.9. The van der Waals surface area contributed by atoms with Crippen LogP contribution in [0.2, 0.25) is 0 Å². The van der Waals surface area contributed by atoms with Gasteiger partial charge >= 0.3 is 11.8 Å². The van der Waals surface area contributed by atoms with Crippen LogP contribution in [0.5, 0.6) is 0 Å². The fraction of sp³-hybridized carbons (Fsp3) is 0.471. The Morgan fingerprint density at radius 3 is 1.96 bits per heavy atom. The summed E-state index contributed by atoms with van der Waals surface area (Å²) in [6.07, 6.45) is 0.798. The minimum Gasteiger partial charge on any atom is -0.348 e. The molecule has 0 saturated carbocycles. The molecule has 7 heteroatoms. The molecule has 1 rings (SSSR count). The summed E-state index contributed by atoms with van der Waals surface area (Å²) >= 11 is 0. The Balaban J connectivity index is 2.36. The highest BCUT2D eigenvalue weighted by atomic mass is 16.2. The maximum Gasteiger partial charge on any atom is 0.313 e. The topological polar surface area (TPSA) is 90.5 Å². The van der Waals surface area contributed by atoms with Crippen molar-refractivity contribution in [2.24, 2.45) is 0 Å². The molecule has 1 aromatic rings. The van der Waals surface area contributed by atoms with Gasteiger partial charge in [0.2, 0.25) is 5.91 Å². The molecule has 3 N–H and O–H groups in total. The first-order valence-corrected chi connectivity index (χ1v) is 8.15. The molecule has 0 atom stereocenters. The molecule has 24 heavy (non-hydrogen) atoms. The molecule has 0 heterocycles. The van der Waals surface area contributed by atoms with Crippen molar-refractivity contribution < 1.29 is 14.4 Å². The van der Waals surface area contributed by atoms with Crippen LogP contribution in [0.15, 0.2) is 24.3 Å². The maximum absolute atomic E-state index is 11.8. The van der Waals surface area contributed by atoms with Gasteiger partial charge in [0.05, 0.1) is 0 Å². The maximum atomic E-state index is 11.8. The standard InChI is InChI=1S/C17H26N4O3/c1-4-21(5-2)12-6-11-18-16(23)17(24)20-15-9-7-14(8-10-15)19-13(3)22/h7-10H,4-6,11-12H2,1-3H3,(H,18,23)(H,19,22)(H,20,24). The molecule has 0 radical (unpaired) electrons. The van der Waals surface area contributed by atoms with E-state index >= 15 is 0 Å². The van der Waals surface area contributed by atoms with Crippen LogP contribution < -0.4 is 16.0 Å². The van der Waals surface area contributed by atoms with Crippen molar-refractivity contribution in [1.82, 2.24) is 10.2 Å². The van der Waals surface area contributed by atoms with Crippen LogP contribution in [0, 0.1) is 0 Å². The summed E-state index contributed by atoms with van der Waals surface area (Å²) in [5.41, 5.74) is 1.12. The summed E-state index contributed by atoms with van der Waals surface area (Å²) in [7, 11) is 0. The van der Waals surface area contributed by atoms with Crippen LogP contribution >= 0.6 is 0 Å². The molecular weight excluding hydrogens is 308 g/mol. The average molecular weight is 334 g/mol. The zero-order valence-corrected chi connectivity index (χ0v) is 14.5. The summed E-state index contributed by atoms with van der Waals surface area (Å²) in [5.74, 6) is -1.53. The Hall–Kier alpha value is -2.41. The predicted molar refractivity (Wildman–Crippen MR) is 94.8 cm³/mol. The van der Waals surface area contributed by atoms with Gasteiger partial charge in [0.1, 0.15) is 0 Å². The first-order chi connectivity index (χ1) is 11.5. The third kappa shape index (κ3) is 7.23. The zero-order valence-electron chi connectivity index (χ0n) is 14.5. The van der Waals surface area contributed by atoms with E-state index in [-0.39, 0.29) is 5.91 Å². The number of rotatable bonds is 8. The molecule has 7 nitrogen and oxygen atoms in total. The molecule has 0 aromatic heterocycles. The Labute approximate surface area is 142 Å². The molecule has 0 spiro atoms. The Kier molecular flexibility index (Phi) is 8.49. The van der Waals surface area contributed by atoms with E-state index in [2.05, 4.69) is 34.7 Å². The summed E-state index contributed by atoms with van der Waals surface area (Å²) in [5, 5.41) is 7.76. The number of hydrogen-bond acceptors (Lipinski definition) is 4. The monoisotopic (exact) mass is 334 g/mol. The lowest BCUT2D eigenvalue weighted by Gasteiger charge is -2.17. The van der Waals surface area contributed by atoms with Gasteiger partial charge in [0, 0.05) is 24.8 Å². The van der Waals surface area contributed by atoms with Crippen LogP contribution in [-0.2, 0) is 14.4 Å². The first-order valence-electron chi connectivity index (χ1n) is 8.15. The van der Waals surface area contributed by atoms with Crippen molar-refractivity contribution in [3.8, 4) is 0 Å². The highest BCUT2D eigenvalue weighted by molar-refractivity contribution is 6.39. The molecule has 1 aromatic carbocycles. The van der Waals surface area contributed by atoms with Crippen LogP contribution in [-0.4, -0.2) is 48.8 Å². The first kappa shape index (κ1) is 19.6. The van der Waals surface area contributed by atoms with E-state index in [1.807, 2.05) is 0 Å². The van der Waals surface area contributed by atoms with Crippen LogP contribution in [0.1, 0.15) is 27.2 Å². The number of anilines is 2. The summed E-state index contributed by atoms with van der Waals surface area (Å²) in [4.78, 5) is 36.7. The van der Waals surface area contributed by atoms with E-state index in [1.165, 1.54) is 6.92 Å². The van der Waals surface area contributed by atoms with E-state index in [4.69, 9.17) is 0 Å². The third-order valence-electron chi connectivity index (χ3n) is 3.50. The van der Waals surface area contributed by atoms with E-state index in [0.29, 0.717) is 17.9 Å². The fourth-order valence-corrected chi connectivity index (χ4v) is 2.15. The number of hydrogen-bond donors (Lipinski definition) is 3. The predicted octanol–water partition coefficient (Wildman–Crippen LogP) is 1.43. The van der Waals surface area contributed by atoms with Gasteiger partial charge in [-0.2, -0.15) is 0 Å². The molecular formula is C17H26N4O3. The summed E-state index contributed by atoms with van der Waals surface area (Å²) < 4.78 is 0. The lowest BCUT2D eigenvalue weighted by atomic mass is 10.2. The normalized spacial score (nSPS) is 10.3. The number of carbonyl (C=O) groups is 3. The number of carbonyl (C=O) groups excluding carboxylic acids is 3. The molecule has 0 bridgehead atoms. The van der Waals surface area contributed by atoms with Crippen molar-refractivity contribution in [1.29, 1.82) is 0 Å². The van der Waals surface area contributed by atoms with Gasteiger partial charge in [0.15, 0.2) is 0 Å². The van der Waals surface area contributed by atoms with Crippen LogP contribution in [0.4, 0.5) is 11.4 Å². The average Bonchev–Trinajstić information content (AvgIpc) is 2.56. The molecule has 3 amide bonds. The Bertz CT molecular complexity index is 553. The van der Waals surface area contributed by atoms with Crippen molar-refractivity contribution in [2.45, 2.75) is 27.2 Å². The lowest BCUT2D eigenvalue weighted by Crippen LogP contribution is -2.37. The van der Waals surface area contributed by atoms with Crippen LogP contribution in [0.3, 0.4) is 0 Å². The smallest absolute Gasteiger partial charge is 0.313 e. The molecule has 0 fully saturated rings. The SMILES string of the molecule is CCN(CC)CCCNC(=O)C(=O)Nc1ccc(NC(C)=O)cc1. The molecule has 0 unspecified atom stereocenters. The second kappa shape index (κ2) is 10.4. The van der Waals surface area contributed by atoms with Crippen LogP contribution in [0.25, 0.3) is 0 Å². The van der Waals surface area contributed by atoms with Gasteiger partial charge in [-0.3, -0.25) is 14.4 Å². The third-order valence-corrected chi connectivity index (χ3v) is 3.50. The number of amides is 3. The second-order valence-electron chi connectivity index (χ2n) is 5.35. The summed E-state index contributed by atoms with van der Waals surface area (Å²) in [6.45, 7) is 8.89. The number of nitrogens with zero attached hydrogens (tertiary/aromatic N) is 1. The van der Waals surface area contributed by atoms with Crippen molar-refractivity contribution in [3.05, 3.63) is 24.3 Å². The van der Waals surface area contributed by atoms with Gasteiger partial charge in [-0.1, -0.05) is 13.8 Å². The van der Waals surface area contributed by atoms with Gasteiger partial charge in [-0.15, -0.1) is 0 Å². The minimum atomic E-state index is -0.704. The van der Waals surface area contributed by atoms with E-state index in [9.17, 15) is 14.4 Å². The quantitative estimate of drug-likeness (QED) is 0.495. The van der Waals surface area contributed by atoms with Crippen molar-refractivity contribution in [3.63, 3.8) is 0 Å². The molecule has 132 valence electrons. The lowest BCUT2D eigenvalue weighted by molar-refractivity contribution is -0.136. The minimum absolute atomic E-state index is 0.170. The van der Waals surface area contributed by atoms with E-state index in [1.54, 1.807) is 24.3 Å². The van der Waals surface area contributed by atoms with Gasteiger partial charge in [-0.05, 0) is 50.3 Å². The van der Waals surface area contributed by atoms with Crippen molar-refractivity contribution >= 4 is 29.1 Å². The molecule has 0 aliphatic rings. The number of benzene rings is 1.